The third kappa shape index (κ3) is 10.5. The summed E-state index contributed by atoms with van der Waals surface area (Å²) in [5, 5.41) is 23.9. The van der Waals surface area contributed by atoms with Crippen molar-refractivity contribution in [2.75, 3.05) is 6.61 Å². The van der Waals surface area contributed by atoms with Crippen LogP contribution in [0.4, 0.5) is 0 Å². The van der Waals surface area contributed by atoms with Gasteiger partial charge in [0.15, 0.2) is 30.9 Å². The van der Waals surface area contributed by atoms with Gasteiger partial charge in [0.2, 0.25) is 5.91 Å². The van der Waals surface area contributed by atoms with Crippen molar-refractivity contribution >= 4 is 29.8 Å². The molecule has 2 aromatic rings. The summed E-state index contributed by atoms with van der Waals surface area (Å²) in [6, 6.07) is 16.5. The van der Waals surface area contributed by atoms with E-state index >= 15 is 0 Å². The van der Waals surface area contributed by atoms with E-state index in [0.717, 1.165) is 33.3 Å². The number of amides is 1. The number of aliphatic hydroxyl groups excluding tert-OH is 1. The number of benzene rings is 2. The van der Waals surface area contributed by atoms with Gasteiger partial charge in [-0.1, -0.05) is 60.7 Å². The van der Waals surface area contributed by atoms with Gasteiger partial charge in [0, 0.05) is 27.7 Å². The summed E-state index contributed by atoms with van der Waals surface area (Å²) in [4.78, 5) is 61.4. The zero-order valence-corrected chi connectivity index (χ0v) is 27.9. The number of ether oxygens (including phenoxy) is 8. The second kappa shape index (κ2) is 18.0. The fourth-order valence-electron chi connectivity index (χ4n) is 5.64. The number of carbonyl (C=O) groups excluding carboxylic acids is 4. The molecular formula is C34H41NO15. The Morgan fingerprint density at radius 1 is 0.700 bits per heavy atom. The normalized spacial score (nSPS) is 29.3. The Kier molecular flexibility index (Phi) is 13.8. The van der Waals surface area contributed by atoms with Crippen LogP contribution >= 0.6 is 0 Å². The first-order chi connectivity index (χ1) is 23.8. The molecule has 2 aromatic carbocycles. The van der Waals surface area contributed by atoms with Gasteiger partial charge >= 0.3 is 23.9 Å². The smallest absolute Gasteiger partial charge is 0.335 e. The summed E-state index contributed by atoms with van der Waals surface area (Å²) in [5.74, 6) is -4.54. The fourth-order valence-corrected chi connectivity index (χ4v) is 5.64. The van der Waals surface area contributed by atoms with Crippen molar-refractivity contribution in [2.45, 2.75) is 102 Å². The molecule has 16 heteroatoms. The van der Waals surface area contributed by atoms with Crippen LogP contribution in [0.15, 0.2) is 60.7 Å². The minimum Gasteiger partial charge on any atom is -0.479 e. The molecule has 2 aliphatic rings. The van der Waals surface area contributed by atoms with E-state index in [1.165, 1.54) is 0 Å². The van der Waals surface area contributed by atoms with Gasteiger partial charge in [-0.3, -0.25) is 19.2 Å². The van der Waals surface area contributed by atoms with Crippen molar-refractivity contribution in [1.82, 2.24) is 5.32 Å². The third-order valence-electron chi connectivity index (χ3n) is 7.69. The number of rotatable bonds is 14. The van der Waals surface area contributed by atoms with Crippen molar-refractivity contribution in [3.63, 3.8) is 0 Å². The van der Waals surface area contributed by atoms with Crippen LogP contribution < -0.4 is 5.32 Å². The average Bonchev–Trinajstić information content (AvgIpc) is 3.06. The lowest BCUT2D eigenvalue weighted by atomic mass is 9.94. The molecule has 4 rings (SSSR count). The zero-order valence-electron chi connectivity index (χ0n) is 27.9. The average molecular weight is 704 g/mol. The van der Waals surface area contributed by atoms with Crippen LogP contribution in [0.3, 0.4) is 0 Å². The van der Waals surface area contributed by atoms with Gasteiger partial charge in [-0.05, 0) is 11.1 Å². The van der Waals surface area contributed by atoms with Gasteiger partial charge in [-0.2, -0.15) is 0 Å². The molecule has 0 radical (unpaired) electrons. The summed E-state index contributed by atoms with van der Waals surface area (Å²) in [6.07, 6.45) is -13.9. The molecule has 3 N–H and O–H groups in total. The first kappa shape index (κ1) is 38.4. The molecule has 0 spiro atoms. The van der Waals surface area contributed by atoms with E-state index in [1.54, 1.807) is 54.6 Å². The molecule has 0 saturated carbocycles. The molecule has 50 heavy (non-hydrogen) atoms. The second-order valence-electron chi connectivity index (χ2n) is 11.6. The van der Waals surface area contributed by atoms with Gasteiger partial charge in [-0.15, -0.1) is 0 Å². The summed E-state index contributed by atoms with van der Waals surface area (Å²) in [7, 11) is 0. The van der Waals surface area contributed by atoms with Crippen LogP contribution in [-0.2, 0) is 75.1 Å². The third-order valence-corrected chi connectivity index (χ3v) is 7.69. The lowest BCUT2D eigenvalue weighted by molar-refractivity contribution is -0.346. The highest BCUT2D eigenvalue weighted by Gasteiger charge is 2.56. The van der Waals surface area contributed by atoms with Crippen LogP contribution in [0.5, 0.6) is 0 Å². The number of hydrogen-bond acceptors (Lipinski definition) is 14. The summed E-state index contributed by atoms with van der Waals surface area (Å²) in [5.41, 5.74) is 1.43. The van der Waals surface area contributed by atoms with Gasteiger partial charge < -0.3 is 53.4 Å². The number of aliphatic hydroxyl groups is 1. The fraction of sp³-hybridized carbons (Fsp3) is 0.500. The first-order valence-corrected chi connectivity index (χ1v) is 15.8. The molecule has 272 valence electrons. The molecule has 2 aliphatic heterocycles. The molecule has 0 aromatic heterocycles. The number of nitrogens with one attached hydrogen (secondary N) is 1. The lowest BCUT2D eigenvalue weighted by Gasteiger charge is -2.48. The van der Waals surface area contributed by atoms with Crippen molar-refractivity contribution < 1.29 is 72.1 Å². The van der Waals surface area contributed by atoms with Crippen LogP contribution in [0.1, 0.15) is 38.8 Å². The number of esters is 3. The maximum absolute atomic E-state index is 12.6. The van der Waals surface area contributed by atoms with Gasteiger partial charge in [-0.25, -0.2) is 4.79 Å². The Bertz CT molecular complexity index is 1460. The minimum absolute atomic E-state index is 0.0287. The van der Waals surface area contributed by atoms with Gasteiger partial charge in [0.25, 0.3) is 0 Å². The molecule has 0 unspecified atom stereocenters. The zero-order chi connectivity index (χ0) is 36.4. The molecule has 16 nitrogen and oxygen atoms in total. The van der Waals surface area contributed by atoms with E-state index in [9.17, 15) is 34.2 Å². The predicted molar refractivity (Wildman–Crippen MR) is 167 cm³/mol. The van der Waals surface area contributed by atoms with Crippen molar-refractivity contribution in [3.8, 4) is 0 Å². The van der Waals surface area contributed by atoms with Crippen LogP contribution in [0.2, 0.25) is 0 Å². The summed E-state index contributed by atoms with van der Waals surface area (Å²) >= 11 is 0. The SMILES string of the molecule is CC(=O)N[C@H]1[C@H](O[C@H]2[C@H](OCc3ccccc3)[C@@H](OCc3ccccc3)[C@@H](O)O[C@@H]2C(=O)O)O[C@H](COC(C)=O)[C@H](OC(C)=O)[C@@H]1OC(C)=O. The van der Waals surface area contributed by atoms with E-state index < -0.39 is 97.7 Å². The van der Waals surface area contributed by atoms with E-state index in [1.807, 2.05) is 6.07 Å². The summed E-state index contributed by atoms with van der Waals surface area (Å²) in [6.45, 7) is 3.85. The molecule has 2 fully saturated rings. The van der Waals surface area contributed by atoms with Crippen molar-refractivity contribution in [1.29, 1.82) is 0 Å². The monoisotopic (exact) mass is 703 g/mol. The van der Waals surface area contributed by atoms with Crippen LogP contribution in [0, 0.1) is 0 Å². The van der Waals surface area contributed by atoms with E-state index in [2.05, 4.69) is 5.32 Å². The Hall–Kier alpha value is -4.45. The molecular weight excluding hydrogens is 662 g/mol. The number of aliphatic carboxylic acids is 1. The van der Waals surface area contributed by atoms with E-state index in [4.69, 9.17) is 37.9 Å². The molecule has 10 atom stereocenters. The minimum atomic E-state index is -1.88. The number of carbonyl (C=O) groups is 5. The van der Waals surface area contributed by atoms with Gasteiger partial charge in [0.05, 0.1) is 13.2 Å². The molecule has 0 bridgehead atoms. The molecule has 2 heterocycles. The predicted octanol–water partition coefficient (Wildman–Crippen LogP) is 1.00. The van der Waals surface area contributed by atoms with Crippen molar-refractivity contribution in [2.24, 2.45) is 0 Å². The topological polar surface area (TPSA) is 212 Å². The maximum atomic E-state index is 12.6. The first-order valence-electron chi connectivity index (χ1n) is 15.8. The second-order valence-corrected chi connectivity index (χ2v) is 11.6. The lowest BCUT2D eigenvalue weighted by Crippen LogP contribution is -2.69. The molecule has 0 aliphatic carbocycles. The standard InChI is InChI=1S/C34H41NO15/c1-18(36)35-25-27(47-21(4)39)26(46-20(3)38)24(17-43-19(2)37)48-34(25)50-29-28(44-15-22-11-7-5-8-12-22)31(33(42)49-30(29)32(40)41)45-16-23-13-9-6-10-14-23/h5-14,24-31,33-34,42H,15-17H2,1-4H3,(H,35,36)(H,40,41)/t24-,25-,26+,27-,28+,29+,30+,31-,33+,34+/m1/s1. The Morgan fingerprint density at radius 2 is 1.24 bits per heavy atom. The number of hydrogen-bond donors (Lipinski definition) is 3. The van der Waals surface area contributed by atoms with E-state index in [0.29, 0.717) is 5.56 Å². The largest absolute Gasteiger partial charge is 0.479 e. The molecule has 1 amide bonds. The Balaban J connectivity index is 1.76. The highest BCUT2D eigenvalue weighted by molar-refractivity contribution is 5.74. The van der Waals surface area contributed by atoms with Crippen molar-refractivity contribution in [3.05, 3.63) is 71.8 Å². The maximum Gasteiger partial charge on any atom is 0.335 e. The Morgan fingerprint density at radius 3 is 1.74 bits per heavy atom. The van der Waals surface area contributed by atoms with Gasteiger partial charge in [0.1, 0.15) is 37.1 Å². The number of carboxylic acid groups (broad SMARTS) is 1. The highest BCUT2D eigenvalue weighted by atomic mass is 16.7. The Labute approximate surface area is 287 Å². The van der Waals surface area contributed by atoms with Crippen LogP contribution in [0.25, 0.3) is 0 Å². The van der Waals surface area contributed by atoms with E-state index in [-0.39, 0.29) is 13.2 Å². The quantitative estimate of drug-likeness (QED) is 0.185. The van der Waals surface area contributed by atoms with Crippen LogP contribution in [-0.4, -0.2) is 108 Å². The summed E-state index contributed by atoms with van der Waals surface area (Å²) < 4.78 is 46.4. The highest BCUT2D eigenvalue weighted by Crippen LogP contribution is 2.34. The molecule has 2 saturated heterocycles. The number of carboxylic acids is 1.